The van der Waals surface area contributed by atoms with Gasteiger partial charge in [-0.1, -0.05) is 72.8 Å². The van der Waals surface area contributed by atoms with Crippen molar-refractivity contribution in [1.82, 2.24) is 5.32 Å². The van der Waals surface area contributed by atoms with E-state index in [-0.39, 0.29) is 17.9 Å². The Hall–Kier alpha value is -3.66. The van der Waals surface area contributed by atoms with Gasteiger partial charge in [-0.3, -0.25) is 4.79 Å². The fraction of sp³-hybridized carbons (Fsp3) is 0.154. The average molecular weight is 399 g/mol. The summed E-state index contributed by atoms with van der Waals surface area (Å²) in [6, 6.07) is 25.8. The molecular weight excluding hydrogens is 374 g/mol. The smallest absolute Gasteiger partial charge is 0.330 e. The highest BCUT2D eigenvalue weighted by Crippen LogP contribution is 2.26. The van der Waals surface area contributed by atoms with Crippen LogP contribution in [0.2, 0.25) is 0 Å². The summed E-state index contributed by atoms with van der Waals surface area (Å²) in [5.41, 5.74) is 5.04. The third-order valence-electron chi connectivity index (χ3n) is 4.64. The molecule has 0 heterocycles. The highest BCUT2D eigenvalue weighted by atomic mass is 16.5. The molecule has 4 nitrogen and oxygen atoms in total. The number of rotatable bonds is 7. The molecule has 3 aromatic carbocycles. The number of amides is 1. The van der Waals surface area contributed by atoms with Crippen LogP contribution in [0.25, 0.3) is 17.2 Å². The summed E-state index contributed by atoms with van der Waals surface area (Å²) in [5, 5.41) is 3.03. The molecule has 0 spiro atoms. The Balaban J connectivity index is 1.88. The largest absolute Gasteiger partial charge is 0.463 e. The number of ether oxygens (including phenoxy) is 1. The normalized spacial score (nSPS) is 11.8. The summed E-state index contributed by atoms with van der Waals surface area (Å²) >= 11 is 0. The van der Waals surface area contributed by atoms with E-state index >= 15 is 0 Å². The van der Waals surface area contributed by atoms with Crippen LogP contribution < -0.4 is 5.32 Å². The van der Waals surface area contributed by atoms with Gasteiger partial charge in [0.2, 0.25) is 5.91 Å². The van der Waals surface area contributed by atoms with E-state index in [9.17, 15) is 9.59 Å². The van der Waals surface area contributed by atoms with Gasteiger partial charge in [0.15, 0.2) is 0 Å². The first-order valence-electron chi connectivity index (χ1n) is 9.94. The molecule has 0 aliphatic rings. The van der Waals surface area contributed by atoms with Crippen LogP contribution in [-0.2, 0) is 14.3 Å². The highest BCUT2D eigenvalue weighted by molar-refractivity contribution is 5.87. The number of nitrogens with one attached hydrogen (secondary N) is 1. The second kappa shape index (κ2) is 10.2. The van der Waals surface area contributed by atoms with Crippen LogP contribution in [-0.4, -0.2) is 18.5 Å². The number of hydrogen-bond acceptors (Lipinski definition) is 3. The van der Waals surface area contributed by atoms with E-state index in [1.54, 1.807) is 13.0 Å². The van der Waals surface area contributed by atoms with Crippen molar-refractivity contribution in [2.75, 3.05) is 6.61 Å². The first-order valence-corrected chi connectivity index (χ1v) is 9.94. The Bertz CT molecular complexity index is 1020. The first kappa shape index (κ1) is 21.1. The Kier molecular flexibility index (Phi) is 7.17. The van der Waals surface area contributed by atoms with Gasteiger partial charge in [-0.25, -0.2) is 4.79 Å². The number of esters is 1. The van der Waals surface area contributed by atoms with Crippen LogP contribution >= 0.6 is 0 Å². The van der Waals surface area contributed by atoms with Crippen LogP contribution in [0.1, 0.15) is 36.6 Å². The zero-order valence-corrected chi connectivity index (χ0v) is 17.2. The molecule has 0 aliphatic carbocycles. The third kappa shape index (κ3) is 5.67. The SMILES string of the molecule is CCOC(=O)/C=C/c1cccc(C(NC(C)=O)c2ccc(-c3ccccc3)cc2)c1. The molecule has 30 heavy (non-hydrogen) atoms. The second-order valence-corrected chi connectivity index (χ2v) is 6.88. The molecule has 0 radical (unpaired) electrons. The lowest BCUT2D eigenvalue weighted by molar-refractivity contribution is -0.137. The summed E-state index contributed by atoms with van der Waals surface area (Å²) in [6.45, 7) is 3.62. The maximum Gasteiger partial charge on any atom is 0.330 e. The van der Waals surface area contributed by atoms with E-state index in [1.165, 1.54) is 13.0 Å². The van der Waals surface area contributed by atoms with E-state index < -0.39 is 0 Å². The lowest BCUT2D eigenvalue weighted by Gasteiger charge is -2.20. The Morgan fingerprint density at radius 3 is 2.27 bits per heavy atom. The quantitative estimate of drug-likeness (QED) is 0.441. The average Bonchev–Trinajstić information content (AvgIpc) is 2.77. The zero-order chi connectivity index (χ0) is 21.3. The van der Waals surface area contributed by atoms with Crippen molar-refractivity contribution >= 4 is 18.0 Å². The molecule has 0 saturated heterocycles. The molecule has 1 atom stereocenters. The molecular formula is C26H25NO3. The summed E-state index contributed by atoms with van der Waals surface area (Å²) < 4.78 is 4.93. The van der Waals surface area contributed by atoms with Crippen molar-refractivity contribution in [3.63, 3.8) is 0 Å². The van der Waals surface area contributed by atoms with Crippen LogP contribution in [0.15, 0.2) is 84.9 Å². The van der Waals surface area contributed by atoms with Crippen molar-refractivity contribution in [3.05, 3.63) is 102 Å². The van der Waals surface area contributed by atoms with E-state index in [1.807, 2.05) is 54.6 Å². The molecule has 0 bridgehead atoms. The lowest BCUT2D eigenvalue weighted by Crippen LogP contribution is -2.26. The fourth-order valence-electron chi connectivity index (χ4n) is 3.26. The Morgan fingerprint density at radius 2 is 1.60 bits per heavy atom. The number of carbonyl (C=O) groups excluding carboxylic acids is 2. The van der Waals surface area contributed by atoms with Gasteiger partial charge in [-0.05, 0) is 46.9 Å². The van der Waals surface area contributed by atoms with Crippen LogP contribution in [0.5, 0.6) is 0 Å². The summed E-state index contributed by atoms with van der Waals surface area (Å²) in [7, 11) is 0. The zero-order valence-electron chi connectivity index (χ0n) is 17.2. The summed E-state index contributed by atoms with van der Waals surface area (Å²) in [5.74, 6) is -0.489. The fourth-order valence-corrected chi connectivity index (χ4v) is 3.26. The van der Waals surface area contributed by atoms with Gasteiger partial charge in [0.05, 0.1) is 12.6 Å². The molecule has 0 aromatic heterocycles. The van der Waals surface area contributed by atoms with Crippen molar-refractivity contribution in [1.29, 1.82) is 0 Å². The molecule has 1 unspecified atom stereocenters. The minimum atomic E-state index is -0.377. The number of hydrogen-bond donors (Lipinski definition) is 1. The molecule has 0 fully saturated rings. The third-order valence-corrected chi connectivity index (χ3v) is 4.64. The topological polar surface area (TPSA) is 55.4 Å². The van der Waals surface area contributed by atoms with Gasteiger partial charge >= 0.3 is 5.97 Å². The van der Waals surface area contributed by atoms with E-state index in [2.05, 4.69) is 29.6 Å². The summed E-state index contributed by atoms with van der Waals surface area (Å²) in [6.07, 6.45) is 3.12. The van der Waals surface area contributed by atoms with Gasteiger partial charge < -0.3 is 10.1 Å². The van der Waals surface area contributed by atoms with Crippen LogP contribution in [0.4, 0.5) is 0 Å². The minimum absolute atomic E-state index is 0.111. The van der Waals surface area contributed by atoms with Gasteiger partial charge in [-0.2, -0.15) is 0 Å². The summed E-state index contributed by atoms with van der Waals surface area (Å²) in [4.78, 5) is 23.5. The standard InChI is InChI=1S/C26H25NO3/c1-3-30-25(29)17-12-20-8-7-11-24(18-20)26(27-19(2)28)23-15-13-22(14-16-23)21-9-5-4-6-10-21/h4-18,26H,3H2,1-2H3,(H,27,28)/b17-12+. The Labute approximate surface area is 177 Å². The van der Waals surface area contributed by atoms with Gasteiger partial charge in [0.25, 0.3) is 0 Å². The number of benzene rings is 3. The monoisotopic (exact) mass is 399 g/mol. The molecule has 3 aromatic rings. The predicted octanol–water partition coefficient (Wildman–Crippen LogP) is 5.16. The van der Waals surface area contributed by atoms with Crippen molar-refractivity contribution in [3.8, 4) is 11.1 Å². The lowest BCUT2D eigenvalue weighted by atomic mass is 9.95. The second-order valence-electron chi connectivity index (χ2n) is 6.88. The van der Waals surface area contributed by atoms with Crippen molar-refractivity contribution < 1.29 is 14.3 Å². The molecule has 3 rings (SSSR count). The molecule has 1 N–H and O–H groups in total. The van der Waals surface area contributed by atoms with Crippen LogP contribution in [0, 0.1) is 0 Å². The van der Waals surface area contributed by atoms with E-state index in [0.717, 1.165) is 27.8 Å². The molecule has 152 valence electrons. The van der Waals surface area contributed by atoms with Gasteiger partial charge in [0, 0.05) is 13.0 Å². The van der Waals surface area contributed by atoms with Crippen molar-refractivity contribution in [2.45, 2.75) is 19.9 Å². The van der Waals surface area contributed by atoms with Gasteiger partial charge in [0.1, 0.15) is 0 Å². The number of carbonyl (C=O) groups is 2. The highest BCUT2D eigenvalue weighted by Gasteiger charge is 2.15. The molecule has 1 amide bonds. The van der Waals surface area contributed by atoms with Gasteiger partial charge in [-0.15, -0.1) is 0 Å². The maximum atomic E-state index is 11.9. The Morgan fingerprint density at radius 1 is 0.900 bits per heavy atom. The molecule has 0 saturated carbocycles. The van der Waals surface area contributed by atoms with Crippen molar-refractivity contribution in [2.24, 2.45) is 0 Å². The van der Waals surface area contributed by atoms with E-state index in [0.29, 0.717) is 6.61 Å². The first-order chi connectivity index (χ1) is 14.6. The van der Waals surface area contributed by atoms with Crippen LogP contribution in [0.3, 0.4) is 0 Å². The molecule has 0 aliphatic heterocycles. The predicted molar refractivity (Wildman–Crippen MR) is 120 cm³/mol. The minimum Gasteiger partial charge on any atom is -0.463 e. The van der Waals surface area contributed by atoms with E-state index in [4.69, 9.17) is 4.74 Å². The maximum absolute atomic E-state index is 11.9. The molecule has 4 heteroatoms.